The Morgan fingerprint density at radius 3 is 2.45 bits per heavy atom. The minimum atomic E-state index is -3.44. The molecule has 0 aliphatic carbocycles. The van der Waals surface area contributed by atoms with Crippen molar-refractivity contribution in [1.82, 2.24) is 4.31 Å². The average molecular weight is 326 g/mol. The van der Waals surface area contributed by atoms with Crippen LogP contribution in [0, 0.1) is 11.6 Å². The van der Waals surface area contributed by atoms with Crippen LogP contribution < -0.4 is 0 Å². The van der Waals surface area contributed by atoms with E-state index in [-0.39, 0.29) is 5.75 Å². The molecule has 7 heteroatoms. The minimum Gasteiger partial charge on any atom is -0.212 e. The maximum absolute atomic E-state index is 13.2. The summed E-state index contributed by atoms with van der Waals surface area (Å²) in [5.74, 6) is -1.53. The summed E-state index contributed by atoms with van der Waals surface area (Å²) in [6.45, 7) is 1.63. The molecule has 3 nitrogen and oxygen atoms in total. The minimum absolute atomic E-state index is 0.00969. The summed E-state index contributed by atoms with van der Waals surface area (Å²) in [6, 6.07) is 2.83. The fourth-order valence-corrected chi connectivity index (χ4v) is 3.40. The van der Waals surface area contributed by atoms with E-state index in [1.54, 1.807) is 6.92 Å². The highest BCUT2D eigenvalue weighted by molar-refractivity contribution is 7.89. The van der Waals surface area contributed by atoms with E-state index in [4.69, 9.17) is 11.6 Å². The summed E-state index contributed by atoms with van der Waals surface area (Å²) in [4.78, 5) is 0. The summed E-state index contributed by atoms with van der Waals surface area (Å²) in [7, 11) is -2.01. The molecule has 0 aromatic heterocycles. The predicted octanol–water partition coefficient (Wildman–Crippen LogP) is 3.31. The molecule has 0 bridgehead atoms. The third kappa shape index (κ3) is 4.40. The molecule has 1 atom stereocenters. The Balaban J connectivity index is 2.84. The first-order valence-electron chi connectivity index (χ1n) is 6.26. The summed E-state index contributed by atoms with van der Waals surface area (Å²) in [5.41, 5.74) is 0.410. The van der Waals surface area contributed by atoms with Crippen LogP contribution in [0.5, 0.6) is 0 Å². The quantitative estimate of drug-likeness (QED) is 0.570. The molecule has 0 fully saturated rings. The molecule has 1 aromatic carbocycles. The molecule has 1 rings (SSSR count). The number of rotatable bonds is 7. The number of unbranched alkanes of at least 4 members (excludes halogenated alkanes) is 1. The number of alkyl halides is 1. The number of sulfonamides is 1. The van der Waals surface area contributed by atoms with Gasteiger partial charge in [0.1, 0.15) is 0 Å². The molecular formula is C13H18ClF2NO2S. The van der Waals surface area contributed by atoms with Crippen LogP contribution in [0.2, 0.25) is 0 Å². The van der Waals surface area contributed by atoms with Gasteiger partial charge in [0.15, 0.2) is 11.6 Å². The first kappa shape index (κ1) is 17.3. The van der Waals surface area contributed by atoms with E-state index in [9.17, 15) is 17.2 Å². The lowest BCUT2D eigenvalue weighted by atomic mass is 10.1. The van der Waals surface area contributed by atoms with Gasteiger partial charge in [-0.1, -0.05) is 6.07 Å². The highest BCUT2D eigenvalue weighted by Gasteiger charge is 2.24. The van der Waals surface area contributed by atoms with Crippen LogP contribution in [0.1, 0.15) is 31.4 Å². The van der Waals surface area contributed by atoms with Crippen molar-refractivity contribution < 1.29 is 17.2 Å². The smallest absolute Gasteiger partial charge is 0.212 e. The molecule has 0 radical (unpaired) electrons. The molecule has 0 heterocycles. The highest BCUT2D eigenvalue weighted by Crippen LogP contribution is 2.23. The molecular weight excluding hydrogens is 308 g/mol. The Morgan fingerprint density at radius 2 is 1.90 bits per heavy atom. The molecule has 114 valence electrons. The van der Waals surface area contributed by atoms with Gasteiger partial charge >= 0.3 is 0 Å². The lowest BCUT2D eigenvalue weighted by Crippen LogP contribution is -2.32. The van der Waals surface area contributed by atoms with Crippen LogP contribution in [-0.4, -0.2) is 31.4 Å². The molecule has 1 unspecified atom stereocenters. The summed E-state index contributed by atoms with van der Waals surface area (Å²) < 4.78 is 51.4. The lowest BCUT2D eigenvalue weighted by Gasteiger charge is -2.24. The summed E-state index contributed by atoms with van der Waals surface area (Å²) in [6.07, 6.45) is 1.09. The second-order valence-corrected chi connectivity index (χ2v) is 7.10. The van der Waals surface area contributed by atoms with Gasteiger partial charge in [0.2, 0.25) is 10.0 Å². The third-order valence-electron chi connectivity index (χ3n) is 3.20. The molecule has 0 saturated carbocycles. The second kappa shape index (κ2) is 7.33. The Bertz CT molecular complexity index is 551. The van der Waals surface area contributed by atoms with Crippen LogP contribution in [0.3, 0.4) is 0 Å². The van der Waals surface area contributed by atoms with E-state index >= 15 is 0 Å². The van der Waals surface area contributed by atoms with E-state index in [0.29, 0.717) is 24.3 Å². The Hall–Kier alpha value is -0.720. The standard InChI is InChI=1S/C13H18ClF2NO2S/c1-10(11-5-6-12(15)13(16)9-11)17(2)20(18,19)8-4-3-7-14/h5-6,9-10H,3-4,7-8H2,1-2H3. The fraction of sp³-hybridized carbons (Fsp3) is 0.538. The van der Waals surface area contributed by atoms with Crippen molar-refractivity contribution in [3.63, 3.8) is 0 Å². The van der Waals surface area contributed by atoms with Gasteiger partial charge < -0.3 is 0 Å². The fourth-order valence-electron chi connectivity index (χ4n) is 1.75. The van der Waals surface area contributed by atoms with Crippen molar-refractivity contribution in [2.45, 2.75) is 25.8 Å². The maximum atomic E-state index is 13.2. The Morgan fingerprint density at radius 1 is 1.25 bits per heavy atom. The molecule has 0 N–H and O–H groups in total. The first-order chi connectivity index (χ1) is 9.29. The van der Waals surface area contributed by atoms with Crippen molar-refractivity contribution in [3.8, 4) is 0 Å². The van der Waals surface area contributed by atoms with Crippen LogP contribution in [0.4, 0.5) is 8.78 Å². The van der Waals surface area contributed by atoms with Crippen LogP contribution >= 0.6 is 11.6 Å². The van der Waals surface area contributed by atoms with E-state index in [0.717, 1.165) is 12.1 Å². The first-order valence-corrected chi connectivity index (χ1v) is 8.40. The molecule has 20 heavy (non-hydrogen) atoms. The van der Waals surface area contributed by atoms with Crippen LogP contribution in [-0.2, 0) is 10.0 Å². The summed E-state index contributed by atoms with van der Waals surface area (Å²) in [5, 5.41) is 0. The van der Waals surface area contributed by atoms with Crippen molar-refractivity contribution >= 4 is 21.6 Å². The largest absolute Gasteiger partial charge is 0.214 e. The number of nitrogens with zero attached hydrogens (tertiary/aromatic N) is 1. The monoisotopic (exact) mass is 325 g/mol. The second-order valence-electron chi connectivity index (χ2n) is 4.58. The van der Waals surface area contributed by atoms with Gasteiger partial charge in [0.25, 0.3) is 0 Å². The van der Waals surface area contributed by atoms with Crippen LogP contribution in [0.15, 0.2) is 18.2 Å². The zero-order valence-electron chi connectivity index (χ0n) is 11.4. The Labute approximate surface area is 123 Å². The predicted molar refractivity (Wildman–Crippen MR) is 76.3 cm³/mol. The normalized spacial score (nSPS) is 13.7. The maximum Gasteiger partial charge on any atom is 0.214 e. The molecule has 0 saturated heterocycles. The molecule has 1 aromatic rings. The number of hydrogen-bond acceptors (Lipinski definition) is 2. The average Bonchev–Trinajstić information content (AvgIpc) is 2.40. The SMILES string of the molecule is CC(c1ccc(F)c(F)c1)N(C)S(=O)(=O)CCCCCl. The van der Waals surface area contributed by atoms with E-state index in [2.05, 4.69) is 0 Å². The van der Waals surface area contributed by atoms with Gasteiger partial charge in [0, 0.05) is 19.0 Å². The molecule has 0 aliphatic rings. The Kier molecular flexibility index (Phi) is 6.36. The number of benzene rings is 1. The van der Waals surface area contributed by atoms with Gasteiger partial charge in [-0.3, -0.25) is 0 Å². The number of hydrogen-bond donors (Lipinski definition) is 0. The zero-order valence-corrected chi connectivity index (χ0v) is 13.0. The van der Waals surface area contributed by atoms with Gasteiger partial charge in [-0.25, -0.2) is 17.2 Å². The van der Waals surface area contributed by atoms with Crippen molar-refractivity contribution in [2.75, 3.05) is 18.7 Å². The third-order valence-corrected chi connectivity index (χ3v) is 5.46. The summed E-state index contributed by atoms with van der Waals surface area (Å²) >= 11 is 5.52. The molecule has 0 amide bonds. The van der Waals surface area contributed by atoms with E-state index in [1.807, 2.05) is 0 Å². The molecule has 0 aliphatic heterocycles. The van der Waals surface area contributed by atoms with Gasteiger partial charge in [0.05, 0.1) is 5.75 Å². The van der Waals surface area contributed by atoms with Crippen molar-refractivity contribution in [2.24, 2.45) is 0 Å². The van der Waals surface area contributed by atoms with Crippen molar-refractivity contribution in [3.05, 3.63) is 35.4 Å². The van der Waals surface area contributed by atoms with E-state index in [1.165, 1.54) is 17.4 Å². The van der Waals surface area contributed by atoms with Crippen molar-refractivity contribution in [1.29, 1.82) is 0 Å². The highest BCUT2D eigenvalue weighted by atomic mass is 35.5. The topological polar surface area (TPSA) is 37.4 Å². The van der Waals surface area contributed by atoms with E-state index < -0.39 is 27.7 Å². The van der Waals surface area contributed by atoms with Gasteiger partial charge in [-0.05, 0) is 37.5 Å². The number of halogens is 3. The van der Waals surface area contributed by atoms with Gasteiger partial charge in [-0.2, -0.15) is 4.31 Å². The lowest BCUT2D eigenvalue weighted by molar-refractivity contribution is 0.395. The van der Waals surface area contributed by atoms with Crippen LogP contribution in [0.25, 0.3) is 0 Å². The van der Waals surface area contributed by atoms with Gasteiger partial charge in [-0.15, -0.1) is 11.6 Å². The zero-order chi connectivity index (χ0) is 15.3. The molecule has 0 spiro atoms.